The van der Waals surface area contributed by atoms with Crippen molar-refractivity contribution in [3.05, 3.63) is 180 Å². The van der Waals surface area contributed by atoms with Crippen LogP contribution < -0.4 is 30.7 Å². The van der Waals surface area contributed by atoms with Crippen LogP contribution in [0.25, 0.3) is 0 Å². The molecule has 49 heavy (non-hydrogen) atoms. The van der Waals surface area contributed by atoms with Gasteiger partial charge in [0.25, 0.3) is 0 Å². The number of benzene rings is 6. The minimum Gasteiger partial charge on any atom is -0.496 e. The van der Waals surface area contributed by atoms with Crippen LogP contribution in [0.5, 0.6) is 11.5 Å². The largest absolute Gasteiger partial charge is 0.496 e. The van der Waals surface area contributed by atoms with Gasteiger partial charge in [-0.25, -0.2) is 0 Å². The van der Waals surface area contributed by atoms with Crippen molar-refractivity contribution in [2.24, 2.45) is 0 Å². The Hall–Kier alpha value is -3.70. The molecule has 6 aromatic rings. The standard InChI is InChI=1S/2C22H21OP.Fe/c2*1-23-20-14-8-9-17-15-16-21(22(17)20)24(18-10-4-2-5-11-18)19-12-6-3-7-13-19;/h2*2-14,21H,15-16H2,1H3;/t21-;;/m0../s1. The molecule has 0 heterocycles. The summed E-state index contributed by atoms with van der Waals surface area (Å²) < 4.78 is 11.4. The smallest absolute Gasteiger partial charge is 0.122 e. The second kappa shape index (κ2) is 16.8. The molecule has 0 fully saturated rings. The normalized spacial score (nSPS) is 15.8. The predicted octanol–water partition coefficient (Wildman–Crippen LogP) is 9.63. The first kappa shape index (κ1) is 35.1. The Morgan fingerprint density at radius 1 is 0.408 bits per heavy atom. The van der Waals surface area contributed by atoms with E-state index in [1.807, 2.05) is 0 Å². The van der Waals surface area contributed by atoms with E-state index in [0.717, 1.165) is 24.3 Å². The first-order valence-corrected chi connectivity index (χ1v) is 19.7. The Labute approximate surface area is 304 Å². The fourth-order valence-electron chi connectivity index (χ4n) is 7.49. The van der Waals surface area contributed by atoms with Crippen molar-refractivity contribution < 1.29 is 26.5 Å². The Bertz CT molecular complexity index is 1700. The summed E-state index contributed by atoms with van der Waals surface area (Å²) in [4.78, 5) is 0. The fraction of sp³-hybridized carbons (Fsp3) is 0.182. The summed E-state index contributed by atoms with van der Waals surface area (Å²) in [6.45, 7) is 0. The zero-order valence-corrected chi connectivity index (χ0v) is 31.0. The van der Waals surface area contributed by atoms with Crippen LogP contribution in [0.3, 0.4) is 0 Å². The molecule has 2 atom stereocenters. The molecule has 5 heteroatoms. The maximum Gasteiger partial charge on any atom is 0.122 e. The number of fused-ring (bicyclic) bond motifs is 2. The van der Waals surface area contributed by atoms with Crippen molar-refractivity contribution in [2.45, 2.75) is 37.0 Å². The fourth-order valence-corrected chi connectivity index (χ4v) is 13.4. The third kappa shape index (κ3) is 7.57. The van der Waals surface area contributed by atoms with E-state index in [2.05, 4.69) is 158 Å². The summed E-state index contributed by atoms with van der Waals surface area (Å²) >= 11 is 0. The van der Waals surface area contributed by atoms with Gasteiger partial charge in [0.05, 0.1) is 14.2 Å². The third-order valence-electron chi connectivity index (χ3n) is 9.55. The molecular weight excluding hydrogens is 678 g/mol. The quantitative estimate of drug-likeness (QED) is 0.115. The summed E-state index contributed by atoms with van der Waals surface area (Å²) in [5.74, 6) is 2.10. The zero-order valence-electron chi connectivity index (χ0n) is 28.1. The summed E-state index contributed by atoms with van der Waals surface area (Å²) in [6, 6.07) is 56.9. The number of aryl methyl sites for hydroxylation is 2. The Balaban J connectivity index is 0.000000167. The molecule has 0 saturated heterocycles. The molecule has 2 aliphatic rings. The molecule has 0 spiro atoms. The van der Waals surface area contributed by atoms with E-state index in [1.54, 1.807) is 14.2 Å². The summed E-state index contributed by atoms with van der Waals surface area (Å²) in [6.07, 6.45) is 4.70. The molecule has 0 aliphatic heterocycles. The van der Waals surface area contributed by atoms with Crippen molar-refractivity contribution in [2.75, 3.05) is 14.2 Å². The molecule has 0 bridgehead atoms. The average molecular weight is 721 g/mol. The zero-order chi connectivity index (χ0) is 32.7. The van der Waals surface area contributed by atoms with E-state index in [1.165, 1.54) is 56.3 Å². The van der Waals surface area contributed by atoms with Crippen molar-refractivity contribution in [3.8, 4) is 11.5 Å². The van der Waals surface area contributed by atoms with Crippen LogP contribution in [0.4, 0.5) is 0 Å². The van der Waals surface area contributed by atoms with E-state index in [-0.39, 0.29) is 17.1 Å². The minimum atomic E-state index is -0.441. The predicted molar refractivity (Wildman–Crippen MR) is 206 cm³/mol. The van der Waals surface area contributed by atoms with Crippen molar-refractivity contribution >= 4 is 37.1 Å². The number of rotatable bonds is 8. The molecule has 0 radical (unpaired) electrons. The number of ether oxygens (including phenoxy) is 2. The van der Waals surface area contributed by atoms with Crippen molar-refractivity contribution in [1.29, 1.82) is 0 Å². The van der Waals surface area contributed by atoms with Crippen LogP contribution in [0, 0.1) is 0 Å². The van der Waals surface area contributed by atoms with E-state index >= 15 is 0 Å². The van der Waals surface area contributed by atoms with Gasteiger partial charge >= 0.3 is 0 Å². The maximum atomic E-state index is 5.72. The van der Waals surface area contributed by atoms with Gasteiger partial charge in [0.2, 0.25) is 0 Å². The van der Waals surface area contributed by atoms with Crippen LogP contribution in [0.15, 0.2) is 158 Å². The Morgan fingerprint density at radius 2 is 0.714 bits per heavy atom. The molecule has 0 N–H and O–H groups in total. The topological polar surface area (TPSA) is 18.5 Å². The second-order valence-electron chi connectivity index (χ2n) is 12.3. The Morgan fingerprint density at radius 3 is 1.00 bits per heavy atom. The summed E-state index contributed by atoms with van der Waals surface area (Å²) in [5, 5.41) is 5.79. The van der Waals surface area contributed by atoms with Gasteiger partial charge in [-0.1, -0.05) is 146 Å². The molecule has 2 nitrogen and oxygen atoms in total. The van der Waals surface area contributed by atoms with Gasteiger partial charge in [0, 0.05) is 39.5 Å². The minimum absolute atomic E-state index is 0. The monoisotopic (exact) mass is 720 g/mol. The number of hydrogen-bond donors (Lipinski definition) is 0. The molecule has 0 aromatic heterocycles. The third-order valence-corrected chi connectivity index (χ3v) is 15.3. The van der Waals surface area contributed by atoms with E-state index in [0.29, 0.717) is 11.3 Å². The second-order valence-corrected chi connectivity index (χ2v) is 17.0. The molecule has 2 aliphatic carbocycles. The van der Waals surface area contributed by atoms with Gasteiger partial charge in [-0.15, -0.1) is 0 Å². The van der Waals surface area contributed by atoms with E-state index < -0.39 is 15.8 Å². The first-order valence-electron chi connectivity index (χ1n) is 16.9. The number of methoxy groups -OCH3 is 2. The van der Waals surface area contributed by atoms with Crippen molar-refractivity contribution in [3.63, 3.8) is 0 Å². The van der Waals surface area contributed by atoms with E-state index in [9.17, 15) is 0 Å². The first-order chi connectivity index (χ1) is 23.8. The van der Waals surface area contributed by atoms with Crippen LogP contribution in [-0.2, 0) is 29.9 Å². The number of hydrogen-bond acceptors (Lipinski definition) is 2. The molecule has 0 amide bonds. The van der Waals surface area contributed by atoms with Gasteiger partial charge in [-0.05, 0) is 86.0 Å². The average Bonchev–Trinajstić information content (AvgIpc) is 3.79. The SMILES string of the molecule is COc1cccc2c1C(P(c1ccccc1)c1ccccc1)CC2.COc1cccc2c1[C@@H](P(c1ccccc1)c1ccccc1)CC2.[Fe]. The van der Waals surface area contributed by atoms with Gasteiger partial charge in [0.15, 0.2) is 0 Å². The molecule has 8 rings (SSSR count). The van der Waals surface area contributed by atoms with E-state index in [4.69, 9.17) is 9.47 Å². The van der Waals surface area contributed by atoms with Crippen LogP contribution >= 0.6 is 15.8 Å². The Kier molecular flexibility index (Phi) is 12.1. The summed E-state index contributed by atoms with van der Waals surface area (Å²) in [5.41, 5.74) is 6.82. The summed E-state index contributed by atoms with van der Waals surface area (Å²) in [7, 11) is 2.70. The van der Waals surface area contributed by atoms with Crippen molar-refractivity contribution in [1.82, 2.24) is 0 Å². The maximum absolute atomic E-state index is 5.72. The molecular formula is C44H42FeO2P2. The molecule has 1 unspecified atom stereocenters. The van der Waals surface area contributed by atoms with Gasteiger partial charge in [-0.3, -0.25) is 0 Å². The van der Waals surface area contributed by atoms with Gasteiger partial charge in [0.1, 0.15) is 11.5 Å². The van der Waals surface area contributed by atoms with Gasteiger partial charge < -0.3 is 9.47 Å². The molecule has 0 saturated carbocycles. The van der Waals surface area contributed by atoms with Gasteiger partial charge in [-0.2, -0.15) is 0 Å². The molecule has 6 aromatic carbocycles. The van der Waals surface area contributed by atoms with Crippen LogP contribution in [-0.4, -0.2) is 14.2 Å². The van der Waals surface area contributed by atoms with Crippen LogP contribution in [0.2, 0.25) is 0 Å². The molecule has 248 valence electrons. The van der Waals surface area contributed by atoms with Crippen LogP contribution in [0.1, 0.15) is 46.4 Å².